The molecule has 14 nitrogen and oxygen atoms in total. The van der Waals surface area contributed by atoms with E-state index in [-0.39, 0.29) is 11.7 Å². The van der Waals surface area contributed by atoms with E-state index in [1.807, 2.05) is 36.4 Å². The molecule has 4 N–H and O–H groups in total. The van der Waals surface area contributed by atoms with Crippen molar-refractivity contribution in [1.29, 1.82) is 0 Å². The van der Waals surface area contributed by atoms with Crippen LogP contribution in [0, 0.1) is 0 Å². The monoisotopic (exact) mass is 651 g/mol. The number of piperidine rings is 1. The average molecular weight is 652 g/mol. The molecule has 48 heavy (non-hydrogen) atoms. The van der Waals surface area contributed by atoms with E-state index in [2.05, 4.69) is 66.8 Å². The molecule has 0 spiro atoms. The summed E-state index contributed by atoms with van der Waals surface area (Å²) in [6.07, 6.45) is 2.30. The Morgan fingerprint density at radius 3 is 2.38 bits per heavy atom. The summed E-state index contributed by atoms with van der Waals surface area (Å²) in [6.45, 7) is 8.33. The number of likely N-dealkylation sites (tertiary alicyclic amines) is 1. The lowest BCUT2D eigenvalue weighted by molar-refractivity contribution is -0.0384. The maximum atomic E-state index is 11.2. The lowest BCUT2D eigenvalue weighted by Gasteiger charge is -2.26. The number of aliphatic hydroxyl groups excluding tert-OH is 2. The SMILES string of the molecule is C=CCn1nnc([C@H]2O[C@@H](n3cnc4c(NCC(c5ccccc5)c5ccccc5)nc(NCCN5CCCCC5)nc43)[C@H](O)[C@@H]2O)n1. The van der Waals surface area contributed by atoms with Gasteiger partial charge in [-0.05, 0) is 42.3 Å². The molecule has 0 amide bonds. The van der Waals surface area contributed by atoms with Crippen molar-refractivity contribution in [3.63, 3.8) is 0 Å². The van der Waals surface area contributed by atoms with E-state index in [0.29, 0.717) is 42.6 Å². The van der Waals surface area contributed by atoms with Crippen LogP contribution in [0.25, 0.3) is 11.2 Å². The van der Waals surface area contributed by atoms with Gasteiger partial charge in [0.15, 0.2) is 29.3 Å². The predicted molar refractivity (Wildman–Crippen MR) is 180 cm³/mol. The van der Waals surface area contributed by atoms with Crippen LogP contribution in [0.5, 0.6) is 0 Å². The maximum absolute atomic E-state index is 11.2. The summed E-state index contributed by atoms with van der Waals surface area (Å²) < 4.78 is 7.81. The van der Waals surface area contributed by atoms with Crippen molar-refractivity contribution in [2.75, 3.05) is 43.4 Å². The van der Waals surface area contributed by atoms with Crippen molar-refractivity contribution in [3.05, 3.63) is 96.6 Å². The van der Waals surface area contributed by atoms with Crippen LogP contribution in [0.2, 0.25) is 0 Å². The van der Waals surface area contributed by atoms with Gasteiger partial charge in [-0.2, -0.15) is 14.8 Å². The van der Waals surface area contributed by atoms with Crippen LogP contribution in [-0.2, 0) is 11.3 Å². The number of imidazole rings is 1. The normalized spacial score (nSPS) is 21.6. The van der Waals surface area contributed by atoms with Crippen molar-refractivity contribution in [1.82, 2.24) is 44.6 Å². The number of aromatic nitrogens is 8. The maximum Gasteiger partial charge on any atom is 0.226 e. The fourth-order valence-electron chi connectivity index (χ4n) is 6.48. The van der Waals surface area contributed by atoms with Gasteiger partial charge in [0.2, 0.25) is 11.8 Å². The minimum atomic E-state index is -1.30. The molecule has 0 aliphatic carbocycles. The molecule has 14 heteroatoms. The van der Waals surface area contributed by atoms with Crippen molar-refractivity contribution in [3.8, 4) is 0 Å². The van der Waals surface area contributed by atoms with Gasteiger partial charge in [-0.1, -0.05) is 73.2 Å². The standard InChI is InChI=1S/C34H41N11O3/c1-2-17-45-41-31(40-42-45)29-27(46)28(47)33(48-29)44-22-37-26-30(38-34(39-32(26)44)35-16-20-43-18-10-5-11-19-43)36-21-25(23-12-6-3-7-13-23)24-14-8-4-9-15-24/h2-4,6-9,12-15,22,25,27-29,33,46-47H,1,5,10-11,16-21H2,(H2,35,36,38,39)/t27-,28+,29-,33+/m0/s1. The molecule has 2 aromatic carbocycles. The van der Waals surface area contributed by atoms with Gasteiger partial charge in [-0.3, -0.25) is 4.57 Å². The van der Waals surface area contributed by atoms with Crippen molar-refractivity contribution in [2.45, 2.75) is 56.3 Å². The lowest BCUT2D eigenvalue weighted by atomic mass is 9.91. The van der Waals surface area contributed by atoms with E-state index in [9.17, 15) is 10.2 Å². The zero-order valence-corrected chi connectivity index (χ0v) is 26.7. The first-order valence-corrected chi connectivity index (χ1v) is 16.5. The molecule has 3 aromatic heterocycles. The zero-order chi connectivity index (χ0) is 32.9. The van der Waals surface area contributed by atoms with Crippen LogP contribution >= 0.6 is 0 Å². The summed E-state index contributed by atoms with van der Waals surface area (Å²) in [7, 11) is 0. The summed E-state index contributed by atoms with van der Waals surface area (Å²) >= 11 is 0. The number of fused-ring (bicyclic) bond motifs is 1. The van der Waals surface area contributed by atoms with Crippen molar-refractivity contribution in [2.24, 2.45) is 0 Å². The van der Waals surface area contributed by atoms with E-state index in [0.717, 1.165) is 19.6 Å². The first kappa shape index (κ1) is 31.8. The molecule has 250 valence electrons. The van der Waals surface area contributed by atoms with Gasteiger partial charge in [0, 0.05) is 25.6 Å². The van der Waals surface area contributed by atoms with Gasteiger partial charge >= 0.3 is 0 Å². The molecule has 5 heterocycles. The molecule has 0 unspecified atom stereocenters. The van der Waals surface area contributed by atoms with E-state index >= 15 is 0 Å². The van der Waals surface area contributed by atoms with E-state index in [1.54, 1.807) is 17.0 Å². The largest absolute Gasteiger partial charge is 0.387 e. The second-order valence-corrected chi connectivity index (χ2v) is 12.2. The summed E-state index contributed by atoms with van der Waals surface area (Å²) in [5, 5.41) is 41.5. The second-order valence-electron chi connectivity index (χ2n) is 12.2. The van der Waals surface area contributed by atoms with E-state index in [4.69, 9.17) is 14.7 Å². The van der Waals surface area contributed by atoms with Gasteiger partial charge in [-0.15, -0.1) is 16.8 Å². The summed E-state index contributed by atoms with van der Waals surface area (Å²) in [5.41, 5.74) is 3.31. The molecule has 2 fully saturated rings. The number of tetrazole rings is 1. The highest BCUT2D eigenvalue weighted by molar-refractivity contribution is 5.84. The van der Waals surface area contributed by atoms with Crippen LogP contribution in [0.4, 0.5) is 11.8 Å². The predicted octanol–water partition coefficient (Wildman–Crippen LogP) is 3.13. The number of allylic oxidation sites excluding steroid dienone is 1. The highest BCUT2D eigenvalue weighted by atomic mass is 16.6. The Morgan fingerprint density at radius 2 is 1.67 bits per heavy atom. The number of aliphatic hydroxyl groups is 2. The highest BCUT2D eigenvalue weighted by Gasteiger charge is 2.47. The second kappa shape index (κ2) is 14.6. The average Bonchev–Trinajstić information content (AvgIpc) is 3.84. The molecule has 0 bridgehead atoms. The lowest BCUT2D eigenvalue weighted by Crippen LogP contribution is -2.34. The molecule has 2 saturated heterocycles. The molecule has 7 rings (SSSR count). The van der Waals surface area contributed by atoms with Crippen LogP contribution in [-0.4, -0.2) is 99.8 Å². The minimum absolute atomic E-state index is 0.0490. The topological polar surface area (TPSA) is 164 Å². The van der Waals surface area contributed by atoms with Gasteiger partial charge in [-0.25, -0.2) is 4.98 Å². The third kappa shape index (κ3) is 6.78. The number of hydrogen-bond donors (Lipinski definition) is 4. The van der Waals surface area contributed by atoms with Crippen molar-refractivity contribution < 1.29 is 14.9 Å². The van der Waals surface area contributed by atoms with Crippen molar-refractivity contribution >= 4 is 22.9 Å². The van der Waals surface area contributed by atoms with Gasteiger partial charge in [0.1, 0.15) is 12.2 Å². The van der Waals surface area contributed by atoms with Gasteiger partial charge in [0.25, 0.3) is 0 Å². The third-order valence-electron chi connectivity index (χ3n) is 8.99. The quantitative estimate of drug-likeness (QED) is 0.138. The summed E-state index contributed by atoms with van der Waals surface area (Å²) in [5.74, 6) is 1.20. The van der Waals surface area contributed by atoms with E-state index < -0.39 is 24.5 Å². The minimum Gasteiger partial charge on any atom is -0.387 e. The van der Waals surface area contributed by atoms with Gasteiger partial charge < -0.3 is 30.5 Å². The number of anilines is 2. The number of ether oxygens (including phenoxy) is 1. The molecule has 0 radical (unpaired) electrons. The van der Waals surface area contributed by atoms with Gasteiger partial charge in [0.05, 0.1) is 12.9 Å². The first-order valence-electron chi connectivity index (χ1n) is 16.5. The Hall–Kier alpha value is -4.76. The number of rotatable bonds is 13. The van der Waals surface area contributed by atoms with Crippen LogP contribution in [0.1, 0.15) is 54.5 Å². The van der Waals surface area contributed by atoms with Crippen LogP contribution in [0.15, 0.2) is 79.6 Å². The Kier molecular flexibility index (Phi) is 9.65. The number of benzene rings is 2. The fraction of sp³-hybridized carbons (Fsp3) is 0.412. The van der Waals surface area contributed by atoms with Crippen LogP contribution in [0.3, 0.4) is 0 Å². The molecule has 5 aromatic rings. The molecule has 2 aliphatic rings. The van der Waals surface area contributed by atoms with E-state index in [1.165, 1.54) is 35.2 Å². The Morgan fingerprint density at radius 1 is 0.938 bits per heavy atom. The molecule has 2 aliphatic heterocycles. The number of nitrogens with one attached hydrogen (secondary N) is 2. The number of hydrogen-bond acceptors (Lipinski definition) is 12. The fourth-order valence-corrected chi connectivity index (χ4v) is 6.48. The molecule has 0 saturated carbocycles. The smallest absolute Gasteiger partial charge is 0.226 e. The number of nitrogens with zero attached hydrogens (tertiary/aromatic N) is 9. The summed E-state index contributed by atoms with van der Waals surface area (Å²) in [4.78, 5) is 18.2. The highest BCUT2D eigenvalue weighted by Crippen LogP contribution is 2.39. The third-order valence-corrected chi connectivity index (χ3v) is 8.99. The first-order chi connectivity index (χ1) is 23.6. The van der Waals surface area contributed by atoms with Crippen LogP contribution < -0.4 is 10.6 Å². The Balaban J connectivity index is 1.19. The Labute approximate surface area is 278 Å². The molecular formula is C34H41N11O3. The molecular weight excluding hydrogens is 610 g/mol. The summed E-state index contributed by atoms with van der Waals surface area (Å²) in [6, 6.07) is 20.7. The zero-order valence-electron chi connectivity index (χ0n) is 26.7. The molecule has 4 atom stereocenters. The Bertz CT molecular complexity index is 1750.